The molecule has 0 unspecified atom stereocenters. The van der Waals surface area contributed by atoms with Gasteiger partial charge in [-0.3, -0.25) is 0 Å². The van der Waals surface area contributed by atoms with Gasteiger partial charge in [0.25, 0.3) is 0 Å². The van der Waals surface area contributed by atoms with Crippen LogP contribution in [-0.4, -0.2) is 18.2 Å². The zero-order valence-corrected chi connectivity index (χ0v) is 13.1. The largest absolute Gasteiger partial charge is 0.465 e. The number of hydrogen-bond acceptors (Lipinski definition) is 5. The van der Waals surface area contributed by atoms with Crippen LogP contribution in [0.3, 0.4) is 0 Å². The van der Waals surface area contributed by atoms with E-state index in [9.17, 15) is 4.79 Å². The minimum absolute atomic E-state index is 0.199. The molecule has 24 heavy (non-hydrogen) atoms. The predicted molar refractivity (Wildman–Crippen MR) is 91.8 cm³/mol. The number of benzene rings is 2. The Morgan fingerprint density at radius 3 is 2.33 bits per heavy atom. The molecule has 5 heteroatoms. The van der Waals surface area contributed by atoms with Gasteiger partial charge in [-0.15, -0.1) is 0 Å². The van der Waals surface area contributed by atoms with Crippen LogP contribution in [0.1, 0.15) is 21.7 Å². The molecule has 0 fully saturated rings. The number of methoxy groups -OCH3 is 1. The quantitative estimate of drug-likeness (QED) is 0.743. The molecule has 0 aliphatic heterocycles. The summed E-state index contributed by atoms with van der Waals surface area (Å²) in [6.45, 7) is 0. The van der Waals surface area contributed by atoms with Gasteiger partial charge in [0.1, 0.15) is 11.3 Å². The lowest BCUT2D eigenvalue weighted by atomic mass is 10.0. The van der Waals surface area contributed by atoms with E-state index in [1.807, 2.05) is 60.7 Å². The summed E-state index contributed by atoms with van der Waals surface area (Å²) in [7, 11) is 1.31. The second-order valence-corrected chi connectivity index (χ2v) is 5.10. The van der Waals surface area contributed by atoms with Crippen LogP contribution >= 0.6 is 0 Å². The Labute approximate surface area is 139 Å². The van der Waals surface area contributed by atoms with Crippen molar-refractivity contribution in [2.75, 3.05) is 7.11 Å². The van der Waals surface area contributed by atoms with Crippen LogP contribution < -0.4 is 5.73 Å². The van der Waals surface area contributed by atoms with E-state index in [1.165, 1.54) is 7.11 Å². The van der Waals surface area contributed by atoms with Crippen LogP contribution in [-0.2, 0) is 4.74 Å². The molecular formula is C19H16N2O3. The third-order valence-electron chi connectivity index (χ3n) is 3.51. The fourth-order valence-corrected chi connectivity index (χ4v) is 2.37. The van der Waals surface area contributed by atoms with E-state index in [4.69, 9.17) is 15.0 Å². The Morgan fingerprint density at radius 1 is 1.08 bits per heavy atom. The highest BCUT2D eigenvalue weighted by Crippen LogP contribution is 2.29. The van der Waals surface area contributed by atoms with Gasteiger partial charge in [-0.25, -0.2) is 4.79 Å². The number of rotatable bonds is 4. The minimum Gasteiger partial charge on any atom is -0.465 e. The second kappa shape index (κ2) is 6.83. The van der Waals surface area contributed by atoms with Gasteiger partial charge < -0.3 is 15.0 Å². The maximum absolute atomic E-state index is 12.2. The van der Waals surface area contributed by atoms with Crippen molar-refractivity contribution in [3.05, 3.63) is 77.6 Å². The number of nitrogens with two attached hydrogens (primary N) is 1. The van der Waals surface area contributed by atoms with E-state index in [0.717, 1.165) is 11.1 Å². The first-order valence-electron chi connectivity index (χ1n) is 7.36. The highest BCUT2D eigenvalue weighted by atomic mass is 16.5. The molecule has 0 bridgehead atoms. The molecule has 1 aromatic heterocycles. The Kier molecular flexibility index (Phi) is 4.43. The Balaban J connectivity index is 2.10. The minimum atomic E-state index is -0.547. The number of carbonyl (C=O) groups is 1. The maximum atomic E-state index is 12.2. The van der Waals surface area contributed by atoms with E-state index in [2.05, 4.69) is 5.16 Å². The van der Waals surface area contributed by atoms with Gasteiger partial charge in [0.05, 0.1) is 12.8 Å². The molecule has 0 aliphatic rings. The van der Waals surface area contributed by atoms with Gasteiger partial charge in [0.2, 0.25) is 0 Å². The lowest BCUT2D eigenvalue weighted by Crippen LogP contribution is -2.07. The third-order valence-corrected chi connectivity index (χ3v) is 3.51. The summed E-state index contributed by atoms with van der Waals surface area (Å²) in [5, 5.41) is 4.02. The molecule has 2 aromatic carbocycles. The van der Waals surface area contributed by atoms with Crippen molar-refractivity contribution in [1.82, 2.24) is 5.16 Å². The normalized spacial score (nSPS) is 11.3. The van der Waals surface area contributed by atoms with Crippen molar-refractivity contribution < 1.29 is 14.1 Å². The summed E-state index contributed by atoms with van der Waals surface area (Å²) in [4.78, 5) is 12.2. The number of esters is 1. The van der Waals surface area contributed by atoms with Gasteiger partial charge >= 0.3 is 5.97 Å². The first-order chi connectivity index (χ1) is 11.7. The highest BCUT2D eigenvalue weighted by Gasteiger charge is 2.26. The number of aromatic nitrogens is 1. The van der Waals surface area contributed by atoms with Crippen molar-refractivity contribution >= 4 is 17.7 Å². The molecule has 3 aromatic rings. The smallest absolute Gasteiger partial charge is 0.344 e. The van der Waals surface area contributed by atoms with Crippen LogP contribution in [0.2, 0.25) is 0 Å². The first-order valence-corrected chi connectivity index (χ1v) is 7.36. The van der Waals surface area contributed by atoms with E-state index >= 15 is 0 Å². The van der Waals surface area contributed by atoms with Crippen LogP contribution in [0.5, 0.6) is 0 Å². The lowest BCUT2D eigenvalue weighted by molar-refractivity contribution is 0.0600. The van der Waals surface area contributed by atoms with Crippen LogP contribution in [0, 0.1) is 0 Å². The van der Waals surface area contributed by atoms with Crippen molar-refractivity contribution in [2.24, 2.45) is 5.73 Å². The zero-order chi connectivity index (χ0) is 16.9. The average molecular weight is 320 g/mol. The maximum Gasteiger partial charge on any atom is 0.344 e. The molecule has 0 aliphatic carbocycles. The molecule has 3 rings (SSSR count). The fraction of sp³-hybridized carbons (Fsp3) is 0.0526. The van der Waals surface area contributed by atoms with Gasteiger partial charge in [-0.05, 0) is 11.6 Å². The molecule has 5 nitrogen and oxygen atoms in total. The molecule has 0 saturated carbocycles. The Morgan fingerprint density at radius 2 is 1.71 bits per heavy atom. The van der Waals surface area contributed by atoms with Gasteiger partial charge in [0, 0.05) is 5.56 Å². The molecule has 0 saturated heterocycles. The van der Waals surface area contributed by atoms with Gasteiger partial charge in [-0.1, -0.05) is 65.8 Å². The molecule has 120 valence electrons. The molecule has 1 heterocycles. The number of nitrogens with zero attached hydrogens (tertiary/aromatic N) is 1. The van der Waals surface area contributed by atoms with Gasteiger partial charge in [-0.2, -0.15) is 0 Å². The van der Waals surface area contributed by atoms with Gasteiger partial charge in [0.15, 0.2) is 5.76 Å². The van der Waals surface area contributed by atoms with Crippen LogP contribution in [0.15, 0.2) is 65.2 Å². The SMILES string of the molecule is COC(=O)c1c(-c2ccccc2)noc1C(N)=Cc1ccccc1. The summed E-state index contributed by atoms with van der Waals surface area (Å²) in [5.74, 6) is -0.348. The second-order valence-electron chi connectivity index (χ2n) is 5.10. The van der Waals surface area contributed by atoms with Crippen LogP contribution in [0.25, 0.3) is 23.0 Å². The first kappa shape index (κ1) is 15.6. The van der Waals surface area contributed by atoms with Crippen molar-refractivity contribution in [3.8, 4) is 11.3 Å². The van der Waals surface area contributed by atoms with E-state index in [-0.39, 0.29) is 11.3 Å². The molecule has 0 amide bonds. The Hall–Kier alpha value is -3.34. The number of carbonyl (C=O) groups excluding carboxylic acids is 1. The summed E-state index contributed by atoms with van der Waals surface area (Å²) in [6, 6.07) is 18.8. The van der Waals surface area contributed by atoms with E-state index in [0.29, 0.717) is 11.4 Å². The molecule has 0 radical (unpaired) electrons. The fourth-order valence-electron chi connectivity index (χ4n) is 2.37. The number of hydrogen-bond donors (Lipinski definition) is 1. The monoisotopic (exact) mass is 320 g/mol. The zero-order valence-electron chi connectivity index (χ0n) is 13.1. The molecule has 0 atom stereocenters. The molecular weight excluding hydrogens is 304 g/mol. The van der Waals surface area contributed by atoms with E-state index < -0.39 is 5.97 Å². The number of ether oxygens (including phenoxy) is 1. The summed E-state index contributed by atoms with van der Waals surface area (Å²) < 4.78 is 10.2. The van der Waals surface area contributed by atoms with Crippen molar-refractivity contribution in [3.63, 3.8) is 0 Å². The standard InChI is InChI=1S/C19H16N2O3/c1-23-19(22)16-17(14-10-6-3-7-11-14)21-24-18(16)15(20)12-13-8-4-2-5-9-13/h2-12H,20H2,1H3. The topological polar surface area (TPSA) is 78.3 Å². The molecule has 2 N–H and O–H groups in total. The third kappa shape index (κ3) is 3.05. The van der Waals surface area contributed by atoms with Crippen molar-refractivity contribution in [1.29, 1.82) is 0 Å². The van der Waals surface area contributed by atoms with Crippen LogP contribution in [0.4, 0.5) is 0 Å². The summed E-state index contributed by atoms with van der Waals surface area (Å²) >= 11 is 0. The predicted octanol–water partition coefficient (Wildman–Crippen LogP) is 3.59. The lowest BCUT2D eigenvalue weighted by Gasteiger charge is -2.03. The summed E-state index contributed by atoms with van der Waals surface area (Å²) in [6.07, 6.45) is 1.72. The summed E-state index contributed by atoms with van der Waals surface area (Å²) in [5.41, 5.74) is 8.70. The van der Waals surface area contributed by atoms with E-state index in [1.54, 1.807) is 6.08 Å². The average Bonchev–Trinajstić information content (AvgIpc) is 3.08. The highest BCUT2D eigenvalue weighted by molar-refractivity contribution is 6.01. The molecule has 0 spiro atoms. The Bertz CT molecular complexity index is 868. The van der Waals surface area contributed by atoms with Crippen molar-refractivity contribution in [2.45, 2.75) is 0 Å².